The molecule has 8 heteroatoms. The van der Waals surface area contributed by atoms with Crippen LogP contribution in [0.25, 0.3) is 0 Å². The minimum Gasteiger partial charge on any atom is -0.343 e. The lowest BCUT2D eigenvalue weighted by Gasteiger charge is -2.46. The number of rotatable bonds is 5. The number of aryl methyl sites for hydroxylation is 1. The summed E-state index contributed by atoms with van der Waals surface area (Å²) in [4.78, 5) is 46.7. The molecule has 0 saturated carbocycles. The van der Waals surface area contributed by atoms with Crippen LogP contribution in [0.15, 0.2) is 54.6 Å². The van der Waals surface area contributed by atoms with Gasteiger partial charge in [-0.3, -0.25) is 24.7 Å². The highest BCUT2D eigenvalue weighted by Gasteiger charge is 2.57. The smallest absolute Gasteiger partial charge is 0.328 e. The number of amides is 3. The lowest BCUT2D eigenvalue weighted by Crippen LogP contribution is -2.67. The molecule has 3 aliphatic rings. The van der Waals surface area contributed by atoms with Crippen molar-refractivity contribution in [1.82, 2.24) is 20.0 Å². The normalized spacial score (nSPS) is 27.1. The summed E-state index contributed by atoms with van der Waals surface area (Å²) in [6.45, 7) is 5.63. The number of hydrogen-bond donors (Lipinski definition) is 1. The van der Waals surface area contributed by atoms with E-state index in [9.17, 15) is 14.4 Å². The molecule has 0 aromatic heterocycles. The molecule has 3 heterocycles. The van der Waals surface area contributed by atoms with E-state index in [1.165, 1.54) is 5.56 Å². The fraction of sp³-hybridized carbons (Fsp3) is 0.423. The maximum absolute atomic E-state index is 13.6. The molecular weight excluding hydrogens is 430 g/mol. The molecule has 0 aliphatic carbocycles. The third-order valence-corrected chi connectivity index (χ3v) is 7.16. The van der Waals surface area contributed by atoms with Gasteiger partial charge in [0.1, 0.15) is 18.5 Å². The van der Waals surface area contributed by atoms with E-state index in [0.717, 1.165) is 30.1 Å². The number of hydrogen-bond acceptors (Lipinski definition) is 6. The predicted octanol–water partition coefficient (Wildman–Crippen LogP) is 2.37. The number of imide groups is 1. The van der Waals surface area contributed by atoms with E-state index in [0.29, 0.717) is 11.5 Å². The molecule has 1 N–H and O–H groups in total. The lowest BCUT2D eigenvalue weighted by molar-refractivity contribution is -0.138. The Hall–Kier alpha value is -3.23. The van der Waals surface area contributed by atoms with Crippen LogP contribution in [-0.4, -0.2) is 77.6 Å². The zero-order valence-electron chi connectivity index (χ0n) is 19.8. The van der Waals surface area contributed by atoms with Gasteiger partial charge in [-0.05, 0) is 30.0 Å². The summed E-state index contributed by atoms with van der Waals surface area (Å²) in [6, 6.07) is 16.3. The molecule has 0 bridgehead atoms. The number of ketones is 1. The van der Waals surface area contributed by atoms with E-state index in [1.54, 1.807) is 36.2 Å². The summed E-state index contributed by atoms with van der Waals surface area (Å²) in [7, 11) is 1.70. The van der Waals surface area contributed by atoms with Crippen molar-refractivity contribution in [2.24, 2.45) is 5.92 Å². The Balaban J connectivity index is 1.42. The van der Waals surface area contributed by atoms with Gasteiger partial charge < -0.3 is 9.80 Å². The van der Waals surface area contributed by atoms with Gasteiger partial charge >= 0.3 is 6.03 Å². The zero-order valence-corrected chi connectivity index (χ0v) is 19.8. The van der Waals surface area contributed by atoms with Gasteiger partial charge in [0.25, 0.3) is 5.91 Å². The highest BCUT2D eigenvalue weighted by molar-refractivity contribution is 6.07. The molecule has 178 valence electrons. The van der Waals surface area contributed by atoms with Crippen molar-refractivity contribution in [3.05, 3.63) is 65.7 Å². The van der Waals surface area contributed by atoms with Crippen molar-refractivity contribution in [3.8, 4) is 0 Å². The first-order valence-corrected chi connectivity index (χ1v) is 11.9. The number of carbonyl (C=O) groups excluding carboxylic acids is 3. The van der Waals surface area contributed by atoms with Crippen molar-refractivity contribution in [3.63, 3.8) is 0 Å². The Labute approximate surface area is 200 Å². The van der Waals surface area contributed by atoms with Crippen LogP contribution in [0.4, 0.5) is 10.5 Å². The average molecular weight is 462 g/mol. The van der Waals surface area contributed by atoms with Gasteiger partial charge in [0.2, 0.25) is 0 Å². The van der Waals surface area contributed by atoms with Crippen molar-refractivity contribution in [2.75, 3.05) is 31.6 Å². The second-order valence-corrected chi connectivity index (χ2v) is 9.51. The van der Waals surface area contributed by atoms with Gasteiger partial charge in [0, 0.05) is 31.4 Å². The summed E-state index contributed by atoms with van der Waals surface area (Å²) in [6.07, 6.45) is 0.326. The summed E-state index contributed by atoms with van der Waals surface area (Å²) in [5.41, 5.74) is 2.85. The number of anilines is 1. The van der Waals surface area contributed by atoms with Crippen LogP contribution in [0.2, 0.25) is 0 Å². The van der Waals surface area contributed by atoms with Crippen LogP contribution in [0.3, 0.4) is 0 Å². The molecule has 3 fully saturated rings. The molecule has 8 nitrogen and oxygen atoms in total. The van der Waals surface area contributed by atoms with Crippen LogP contribution in [0, 0.1) is 5.92 Å². The molecule has 0 radical (unpaired) electrons. The van der Waals surface area contributed by atoms with Crippen molar-refractivity contribution < 1.29 is 14.4 Å². The third-order valence-electron chi connectivity index (χ3n) is 7.16. The number of benzene rings is 2. The fourth-order valence-electron chi connectivity index (χ4n) is 5.35. The van der Waals surface area contributed by atoms with Crippen LogP contribution < -0.4 is 10.2 Å². The number of likely N-dealkylation sites (N-methyl/N-ethyl adjacent to an activating group) is 1. The van der Waals surface area contributed by atoms with Crippen LogP contribution in [-0.2, 0) is 11.2 Å². The first kappa shape index (κ1) is 22.6. The number of carbonyl (C=O) groups is 3. The van der Waals surface area contributed by atoms with Gasteiger partial charge in [0.15, 0.2) is 5.78 Å². The molecule has 3 saturated heterocycles. The summed E-state index contributed by atoms with van der Waals surface area (Å²) >= 11 is 0. The minimum absolute atomic E-state index is 0.206. The Morgan fingerprint density at radius 3 is 2.41 bits per heavy atom. The summed E-state index contributed by atoms with van der Waals surface area (Å²) < 4.78 is 0. The molecule has 4 atom stereocenters. The average Bonchev–Trinajstić information content (AvgIpc) is 3.25. The minimum atomic E-state index is -0.545. The Bertz CT molecular complexity index is 1090. The van der Waals surface area contributed by atoms with E-state index < -0.39 is 18.2 Å². The second kappa shape index (κ2) is 8.85. The van der Waals surface area contributed by atoms with E-state index in [2.05, 4.69) is 53.2 Å². The number of Topliss-reactive ketones (excluding diaryl/α,β-unsaturated/α-hetero) is 1. The summed E-state index contributed by atoms with van der Waals surface area (Å²) in [5.74, 6) is -0.234. The van der Waals surface area contributed by atoms with Crippen LogP contribution in [0.1, 0.15) is 29.8 Å². The van der Waals surface area contributed by atoms with E-state index in [1.807, 2.05) is 6.07 Å². The maximum atomic E-state index is 13.6. The highest BCUT2D eigenvalue weighted by atomic mass is 16.2. The lowest BCUT2D eigenvalue weighted by atomic mass is 10.0. The van der Waals surface area contributed by atoms with Crippen LogP contribution >= 0.6 is 0 Å². The Morgan fingerprint density at radius 2 is 1.74 bits per heavy atom. The molecule has 3 aliphatic heterocycles. The van der Waals surface area contributed by atoms with E-state index >= 15 is 0 Å². The topological polar surface area (TPSA) is 76.2 Å². The second-order valence-electron chi connectivity index (χ2n) is 9.51. The number of nitrogens with one attached hydrogen (secondary N) is 1. The van der Waals surface area contributed by atoms with Gasteiger partial charge in [0.05, 0.1) is 6.54 Å². The third kappa shape index (κ3) is 3.76. The van der Waals surface area contributed by atoms with Gasteiger partial charge in [-0.2, -0.15) is 0 Å². The number of fused-ring (bicyclic) bond motifs is 3. The van der Waals surface area contributed by atoms with E-state index in [-0.39, 0.29) is 24.5 Å². The highest BCUT2D eigenvalue weighted by Crippen LogP contribution is 2.34. The largest absolute Gasteiger partial charge is 0.343 e. The summed E-state index contributed by atoms with van der Waals surface area (Å²) in [5, 5.41) is 3.53. The van der Waals surface area contributed by atoms with Gasteiger partial charge in [-0.1, -0.05) is 56.3 Å². The Kier molecular flexibility index (Phi) is 5.87. The van der Waals surface area contributed by atoms with E-state index in [4.69, 9.17) is 0 Å². The van der Waals surface area contributed by atoms with Gasteiger partial charge in [-0.15, -0.1) is 0 Å². The predicted molar refractivity (Wildman–Crippen MR) is 129 cm³/mol. The molecule has 5 rings (SSSR count). The molecule has 34 heavy (non-hydrogen) atoms. The molecule has 2 aromatic rings. The SMILES string of the molecule is CCc1ccc(N2CC(C)CN3C4C(=O)N(CC(=O)c5ccccc5)C(=O)N(C)C4NC23)cc1. The number of urea groups is 1. The molecular formula is C26H31N5O3. The first-order chi connectivity index (χ1) is 16.4. The molecule has 3 amide bonds. The first-order valence-electron chi connectivity index (χ1n) is 11.9. The van der Waals surface area contributed by atoms with Crippen LogP contribution in [0.5, 0.6) is 0 Å². The van der Waals surface area contributed by atoms with Gasteiger partial charge in [-0.25, -0.2) is 4.79 Å². The quantitative estimate of drug-likeness (QED) is 0.689. The van der Waals surface area contributed by atoms with Crippen molar-refractivity contribution in [1.29, 1.82) is 0 Å². The monoisotopic (exact) mass is 461 g/mol. The number of nitrogens with zero attached hydrogens (tertiary/aromatic N) is 4. The van der Waals surface area contributed by atoms with Crippen molar-refractivity contribution in [2.45, 2.75) is 38.8 Å². The van der Waals surface area contributed by atoms with Crippen molar-refractivity contribution >= 4 is 23.4 Å². The molecule has 0 spiro atoms. The maximum Gasteiger partial charge on any atom is 0.328 e. The molecule has 4 unspecified atom stereocenters. The fourth-order valence-corrected chi connectivity index (χ4v) is 5.35. The zero-order chi connectivity index (χ0) is 24.0. The standard InChI is InChI=1S/C26H31N5O3/c1-4-18-10-12-20(13-11-18)29-14-17(2)15-30-22-23(27-25(29)30)28(3)26(34)31(24(22)33)16-21(32)19-8-6-5-7-9-19/h5-13,17,22-23,25,27H,4,14-16H2,1-3H3. The Morgan fingerprint density at radius 1 is 1.03 bits per heavy atom. The molecule has 2 aromatic carbocycles.